The Morgan fingerprint density at radius 1 is 1.15 bits per heavy atom. The Balaban J connectivity index is 1.82. The minimum atomic E-state index is -0.0887. The summed E-state index contributed by atoms with van der Waals surface area (Å²) in [6.45, 7) is 5.89. The average molecular weight is 271 g/mol. The molecule has 1 aromatic carbocycles. The van der Waals surface area contributed by atoms with Crippen LogP contribution in [0.2, 0.25) is 0 Å². The van der Waals surface area contributed by atoms with E-state index in [1.165, 1.54) is 11.1 Å². The van der Waals surface area contributed by atoms with Crippen molar-refractivity contribution in [1.82, 2.24) is 5.32 Å². The number of hydrogen-bond acceptors (Lipinski definition) is 2. The molecule has 0 unspecified atom stereocenters. The first-order chi connectivity index (χ1) is 9.54. The maximum Gasteiger partial charge on any atom is 0.220 e. The van der Waals surface area contributed by atoms with Gasteiger partial charge in [-0.3, -0.25) is 4.79 Å². The Hall–Kier alpha value is -2.03. The van der Waals surface area contributed by atoms with E-state index < -0.39 is 0 Å². The summed E-state index contributed by atoms with van der Waals surface area (Å²) < 4.78 is 5.51. The van der Waals surface area contributed by atoms with Crippen molar-refractivity contribution in [1.29, 1.82) is 0 Å². The van der Waals surface area contributed by atoms with E-state index in [-0.39, 0.29) is 11.9 Å². The molecule has 0 saturated heterocycles. The van der Waals surface area contributed by atoms with E-state index in [9.17, 15) is 4.79 Å². The van der Waals surface area contributed by atoms with Crippen LogP contribution in [0.4, 0.5) is 0 Å². The van der Waals surface area contributed by atoms with Crippen LogP contribution in [0.3, 0.4) is 0 Å². The molecule has 20 heavy (non-hydrogen) atoms. The first-order valence-electron chi connectivity index (χ1n) is 6.96. The highest BCUT2D eigenvalue weighted by Gasteiger charge is 2.12. The summed E-state index contributed by atoms with van der Waals surface area (Å²) >= 11 is 0. The van der Waals surface area contributed by atoms with E-state index in [1.807, 2.05) is 26.0 Å². The molecule has 1 N–H and O–H groups in total. The van der Waals surface area contributed by atoms with Crippen molar-refractivity contribution in [3.63, 3.8) is 0 Å². The molecule has 0 saturated carbocycles. The molecule has 0 spiro atoms. The SMILES string of the molecule is Cc1ccc(CCC(=O)N[C@H](C)c2ccc(C)o2)cc1. The lowest BCUT2D eigenvalue weighted by Crippen LogP contribution is -2.26. The van der Waals surface area contributed by atoms with Crippen LogP contribution >= 0.6 is 0 Å². The Kier molecular flexibility index (Phi) is 4.61. The van der Waals surface area contributed by atoms with Crippen LogP contribution in [0.5, 0.6) is 0 Å². The molecule has 106 valence electrons. The van der Waals surface area contributed by atoms with Crippen LogP contribution in [-0.4, -0.2) is 5.91 Å². The van der Waals surface area contributed by atoms with Gasteiger partial charge in [-0.15, -0.1) is 0 Å². The van der Waals surface area contributed by atoms with Crippen molar-refractivity contribution in [2.45, 2.75) is 39.7 Å². The third-order valence-electron chi connectivity index (χ3n) is 3.33. The van der Waals surface area contributed by atoms with Crippen LogP contribution in [-0.2, 0) is 11.2 Å². The number of furan rings is 1. The molecule has 2 rings (SSSR count). The van der Waals surface area contributed by atoms with Crippen molar-refractivity contribution in [2.24, 2.45) is 0 Å². The summed E-state index contributed by atoms with van der Waals surface area (Å²) in [6.07, 6.45) is 1.25. The molecule has 0 aliphatic carbocycles. The maximum absolute atomic E-state index is 11.9. The summed E-state index contributed by atoms with van der Waals surface area (Å²) in [5, 5.41) is 2.96. The Labute approximate surface area is 120 Å². The summed E-state index contributed by atoms with van der Waals surface area (Å²) in [4.78, 5) is 11.9. The predicted molar refractivity (Wildman–Crippen MR) is 79.5 cm³/mol. The van der Waals surface area contributed by atoms with E-state index >= 15 is 0 Å². The summed E-state index contributed by atoms with van der Waals surface area (Å²) in [5.41, 5.74) is 2.42. The molecule has 3 nitrogen and oxygen atoms in total. The highest BCUT2D eigenvalue weighted by Crippen LogP contribution is 2.15. The van der Waals surface area contributed by atoms with Crippen LogP contribution in [0, 0.1) is 13.8 Å². The smallest absolute Gasteiger partial charge is 0.220 e. The molecule has 0 fully saturated rings. The van der Waals surface area contributed by atoms with Gasteiger partial charge in [0.25, 0.3) is 0 Å². The standard InChI is InChI=1S/C17H21NO2/c1-12-4-7-15(8-5-12)9-11-17(19)18-14(3)16-10-6-13(2)20-16/h4-8,10,14H,9,11H2,1-3H3,(H,18,19)/t14-/m1/s1. The largest absolute Gasteiger partial charge is 0.464 e. The molecule has 2 aromatic rings. The number of rotatable bonds is 5. The second-order valence-corrected chi connectivity index (χ2v) is 5.22. The van der Waals surface area contributed by atoms with Crippen molar-refractivity contribution in [2.75, 3.05) is 0 Å². The molecule has 0 aliphatic heterocycles. The summed E-state index contributed by atoms with van der Waals surface area (Å²) in [7, 11) is 0. The topological polar surface area (TPSA) is 42.2 Å². The highest BCUT2D eigenvalue weighted by molar-refractivity contribution is 5.76. The highest BCUT2D eigenvalue weighted by atomic mass is 16.3. The van der Waals surface area contributed by atoms with E-state index in [2.05, 4.69) is 36.5 Å². The number of amides is 1. The quantitative estimate of drug-likeness (QED) is 0.900. The molecule has 0 bridgehead atoms. The van der Waals surface area contributed by atoms with Crippen LogP contribution in [0.1, 0.15) is 42.0 Å². The monoisotopic (exact) mass is 271 g/mol. The Bertz CT molecular complexity index is 569. The predicted octanol–water partition coefficient (Wildman–Crippen LogP) is 3.71. The van der Waals surface area contributed by atoms with Gasteiger partial charge in [0.2, 0.25) is 5.91 Å². The lowest BCUT2D eigenvalue weighted by Gasteiger charge is -2.11. The van der Waals surface area contributed by atoms with Crippen molar-refractivity contribution in [3.8, 4) is 0 Å². The van der Waals surface area contributed by atoms with Crippen LogP contribution in [0.15, 0.2) is 40.8 Å². The van der Waals surface area contributed by atoms with Gasteiger partial charge in [-0.1, -0.05) is 29.8 Å². The number of carbonyl (C=O) groups is 1. The Morgan fingerprint density at radius 2 is 1.85 bits per heavy atom. The lowest BCUT2D eigenvalue weighted by atomic mass is 10.1. The number of carbonyl (C=O) groups excluding carboxylic acids is 1. The van der Waals surface area contributed by atoms with Gasteiger partial charge in [-0.05, 0) is 44.9 Å². The van der Waals surface area contributed by atoms with Crippen molar-refractivity contribution < 1.29 is 9.21 Å². The first kappa shape index (κ1) is 14.4. The maximum atomic E-state index is 11.9. The number of nitrogens with one attached hydrogen (secondary N) is 1. The molecule has 0 radical (unpaired) electrons. The van der Waals surface area contributed by atoms with Crippen molar-refractivity contribution >= 4 is 5.91 Å². The van der Waals surface area contributed by atoms with E-state index in [0.717, 1.165) is 17.9 Å². The zero-order chi connectivity index (χ0) is 14.5. The van der Waals surface area contributed by atoms with Gasteiger partial charge < -0.3 is 9.73 Å². The number of aryl methyl sites for hydroxylation is 3. The molecule has 1 amide bonds. The zero-order valence-corrected chi connectivity index (χ0v) is 12.3. The second-order valence-electron chi connectivity index (χ2n) is 5.22. The number of hydrogen-bond donors (Lipinski definition) is 1. The van der Waals surface area contributed by atoms with Gasteiger partial charge in [0, 0.05) is 6.42 Å². The fourth-order valence-electron chi connectivity index (χ4n) is 2.08. The third kappa shape index (κ3) is 3.98. The van der Waals surface area contributed by atoms with Gasteiger partial charge in [0.1, 0.15) is 11.5 Å². The summed E-state index contributed by atoms with van der Waals surface area (Å²) in [6, 6.07) is 12.0. The van der Waals surface area contributed by atoms with E-state index in [1.54, 1.807) is 0 Å². The van der Waals surface area contributed by atoms with Gasteiger partial charge in [0.15, 0.2) is 0 Å². The molecular weight excluding hydrogens is 250 g/mol. The Morgan fingerprint density at radius 3 is 2.45 bits per heavy atom. The van der Waals surface area contributed by atoms with Gasteiger partial charge >= 0.3 is 0 Å². The van der Waals surface area contributed by atoms with Crippen LogP contribution in [0.25, 0.3) is 0 Å². The first-order valence-corrected chi connectivity index (χ1v) is 6.96. The normalized spacial score (nSPS) is 12.2. The molecule has 1 heterocycles. The minimum absolute atomic E-state index is 0.0483. The summed E-state index contributed by atoms with van der Waals surface area (Å²) in [5.74, 6) is 1.71. The van der Waals surface area contributed by atoms with E-state index in [4.69, 9.17) is 4.42 Å². The van der Waals surface area contributed by atoms with Gasteiger partial charge in [-0.25, -0.2) is 0 Å². The zero-order valence-electron chi connectivity index (χ0n) is 12.3. The molecule has 3 heteroatoms. The fraction of sp³-hybridized carbons (Fsp3) is 0.353. The molecular formula is C17H21NO2. The fourth-order valence-corrected chi connectivity index (χ4v) is 2.08. The average Bonchev–Trinajstić information content (AvgIpc) is 2.85. The van der Waals surface area contributed by atoms with E-state index in [0.29, 0.717) is 6.42 Å². The molecule has 0 aliphatic rings. The number of benzene rings is 1. The lowest BCUT2D eigenvalue weighted by molar-refractivity contribution is -0.121. The second kappa shape index (κ2) is 6.42. The molecule has 1 aromatic heterocycles. The minimum Gasteiger partial charge on any atom is -0.464 e. The molecule has 1 atom stereocenters. The van der Waals surface area contributed by atoms with Gasteiger partial charge in [0.05, 0.1) is 6.04 Å². The van der Waals surface area contributed by atoms with Gasteiger partial charge in [-0.2, -0.15) is 0 Å². The van der Waals surface area contributed by atoms with Crippen molar-refractivity contribution in [3.05, 3.63) is 59.0 Å². The third-order valence-corrected chi connectivity index (χ3v) is 3.33. The van der Waals surface area contributed by atoms with Crippen LogP contribution < -0.4 is 5.32 Å².